The topological polar surface area (TPSA) is 104 Å². The summed E-state index contributed by atoms with van der Waals surface area (Å²) in [6.45, 7) is 0. The third kappa shape index (κ3) is 4.51. The predicted octanol–water partition coefficient (Wildman–Crippen LogP) is 5.03. The number of nitrogens with zero attached hydrogens (tertiary/aromatic N) is 7. The van der Waals surface area contributed by atoms with Crippen LogP contribution in [0.5, 0.6) is 0 Å². The SMILES string of the molecule is N#Cc1ccc2c(c1)N=C(C(Cc1ccccc1)c1ccc(-c3cc(Cl)ccc3-n3cnnn3)c[n+]1O)C2. The van der Waals surface area contributed by atoms with E-state index in [1.165, 1.54) is 11.1 Å². The van der Waals surface area contributed by atoms with Crippen molar-refractivity contribution in [3.05, 3.63) is 119 Å². The summed E-state index contributed by atoms with van der Waals surface area (Å²) in [4.78, 5) is 4.91. The average molecular weight is 519 g/mol. The number of benzene rings is 3. The van der Waals surface area contributed by atoms with E-state index in [0.29, 0.717) is 29.1 Å². The van der Waals surface area contributed by atoms with Gasteiger partial charge in [0, 0.05) is 33.5 Å². The number of halogens is 1. The Morgan fingerprint density at radius 2 is 1.92 bits per heavy atom. The van der Waals surface area contributed by atoms with Crippen LogP contribution in [0.15, 0.2) is 96.4 Å². The molecular formula is C29H21ClN7O+. The minimum Gasteiger partial charge on any atom is -0.285 e. The Bertz CT molecular complexity index is 1710. The molecule has 0 aliphatic carbocycles. The van der Waals surface area contributed by atoms with Gasteiger partial charge in [0.1, 0.15) is 6.33 Å². The standard InChI is InChI=1S/C29H21ClN7O/c30-23-9-11-28(36-18-32-34-35-36)24(15-23)22-8-10-29(37(38)17-22)25(12-19-4-2-1-3-5-19)27-14-21-7-6-20(16-31)13-26(21)33-27/h1-11,13,15,17-18,25,38H,12,14H2/q+1. The van der Waals surface area contributed by atoms with Crippen LogP contribution in [0.3, 0.4) is 0 Å². The molecule has 0 saturated carbocycles. The molecule has 0 bridgehead atoms. The van der Waals surface area contributed by atoms with E-state index in [1.807, 2.05) is 60.7 Å². The summed E-state index contributed by atoms with van der Waals surface area (Å²) in [7, 11) is 0. The van der Waals surface area contributed by atoms with E-state index in [9.17, 15) is 10.5 Å². The van der Waals surface area contributed by atoms with E-state index in [1.54, 1.807) is 16.9 Å². The van der Waals surface area contributed by atoms with Crippen molar-refractivity contribution in [3.8, 4) is 22.9 Å². The van der Waals surface area contributed by atoms with E-state index in [2.05, 4.69) is 33.7 Å². The molecule has 5 aromatic rings. The monoisotopic (exact) mass is 518 g/mol. The van der Waals surface area contributed by atoms with Crippen LogP contribution in [0.25, 0.3) is 16.8 Å². The molecule has 0 fully saturated rings. The summed E-state index contributed by atoms with van der Waals surface area (Å²) in [5.74, 6) is -0.187. The molecular weight excluding hydrogens is 498 g/mol. The highest BCUT2D eigenvalue weighted by Crippen LogP contribution is 2.35. The Morgan fingerprint density at radius 3 is 2.68 bits per heavy atom. The molecule has 9 heteroatoms. The lowest BCUT2D eigenvalue weighted by atomic mass is 9.88. The summed E-state index contributed by atoms with van der Waals surface area (Å²) < 4.78 is 2.72. The average Bonchev–Trinajstić information content (AvgIpc) is 3.62. The normalized spacial score (nSPS) is 13.0. The largest absolute Gasteiger partial charge is 0.285 e. The van der Waals surface area contributed by atoms with Crippen molar-refractivity contribution in [2.45, 2.75) is 18.8 Å². The fourth-order valence-electron chi connectivity index (χ4n) is 4.87. The lowest BCUT2D eigenvalue weighted by Crippen LogP contribution is -2.39. The first-order valence-corrected chi connectivity index (χ1v) is 12.4. The predicted molar refractivity (Wildman–Crippen MR) is 142 cm³/mol. The number of aliphatic imine (C=N–C) groups is 1. The van der Waals surface area contributed by atoms with Crippen LogP contribution >= 0.6 is 11.6 Å². The maximum Gasteiger partial charge on any atom is 0.243 e. The quantitative estimate of drug-likeness (QED) is 0.251. The second kappa shape index (κ2) is 9.88. The molecule has 0 radical (unpaired) electrons. The lowest BCUT2D eigenvalue weighted by Gasteiger charge is -2.15. The zero-order valence-electron chi connectivity index (χ0n) is 20.1. The summed E-state index contributed by atoms with van der Waals surface area (Å²) in [5, 5.41) is 32.6. The number of tetrazole rings is 1. The molecule has 0 amide bonds. The smallest absolute Gasteiger partial charge is 0.243 e. The van der Waals surface area contributed by atoms with Crippen molar-refractivity contribution in [1.82, 2.24) is 20.2 Å². The first-order valence-electron chi connectivity index (χ1n) is 12.0. The highest BCUT2D eigenvalue weighted by atomic mass is 35.5. The van der Waals surface area contributed by atoms with Crippen molar-refractivity contribution in [3.63, 3.8) is 0 Å². The molecule has 8 nitrogen and oxygen atoms in total. The molecule has 0 spiro atoms. The molecule has 6 rings (SSSR count). The maximum atomic E-state index is 11.3. The van der Waals surface area contributed by atoms with Crippen molar-refractivity contribution >= 4 is 23.0 Å². The molecule has 1 N–H and O–H groups in total. The summed E-state index contributed by atoms with van der Waals surface area (Å²) >= 11 is 6.33. The van der Waals surface area contributed by atoms with Gasteiger partial charge in [-0.3, -0.25) is 10.2 Å². The number of hydrogen-bond donors (Lipinski definition) is 1. The fourth-order valence-corrected chi connectivity index (χ4v) is 5.04. The lowest BCUT2D eigenvalue weighted by molar-refractivity contribution is -0.909. The van der Waals surface area contributed by atoms with Crippen molar-refractivity contribution in [2.75, 3.05) is 0 Å². The zero-order valence-corrected chi connectivity index (χ0v) is 20.9. The van der Waals surface area contributed by atoms with Gasteiger partial charge in [0.15, 0.2) is 0 Å². The Morgan fingerprint density at radius 1 is 1.05 bits per heavy atom. The van der Waals surface area contributed by atoms with Crippen LogP contribution in [0, 0.1) is 11.3 Å². The summed E-state index contributed by atoms with van der Waals surface area (Å²) in [6, 6.07) is 27.2. The van der Waals surface area contributed by atoms with Gasteiger partial charge in [0.2, 0.25) is 11.9 Å². The Hall–Kier alpha value is -4.87. The van der Waals surface area contributed by atoms with Gasteiger partial charge in [0.25, 0.3) is 0 Å². The molecule has 184 valence electrons. The first kappa shape index (κ1) is 23.5. The number of hydrogen-bond acceptors (Lipinski definition) is 6. The summed E-state index contributed by atoms with van der Waals surface area (Å²) in [5.41, 5.74) is 7.49. The molecule has 1 atom stereocenters. The van der Waals surface area contributed by atoms with Gasteiger partial charge in [-0.25, -0.2) is 0 Å². The van der Waals surface area contributed by atoms with Crippen molar-refractivity contribution < 1.29 is 9.94 Å². The van der Waals surface area contributed by atoms with Crippen LogP contribution in [0.1, 0.15) is 28.3 Å². The van der Waals surface area contributed by atoms with Crippen LogP contribution in [-0.2, 0) is 12.8 Å². The van der Waals surface area contributed by atoms with Gasteiger partial charge >= 0.3 is 0 Å². The van der Waals surface area contributed by atoms with Crippen LogP contribution in [-0.4, -0.2) is 31.1 Å². The number of pyridine rings is 1. The Kier molecular flexibility index (Phi) is 6.12. The number of nitriles is 1. The minimum absolute atomic E-state index is 0.187. The Balaban J connectivity index is 1.42. The molecule has 0 saturated heterocycles. The van der Waals surface area contributed by atoms with Gasteiger partial charge in [-0.05, 0) is 64.4 Å². The molecule has 1 aliphatic heterocycles. The first-order chi connectivity index (χ1) is 18.6. The van der Waals surface area contributed by atoms with Crippen molar-refractivity contribution in [2.24, 2.45) is 4.99 Å². The molecule has 1 aliphatic rings. The molecule has 38 heavy (non-hydrogen) atoms. The summed E-state index contributed by atoms with van der Waals surface area (Å²) in [6.07, 6.45) is 4.49. The van der Waals surface area contributed by atoms with Crippen LogP contribution < -0.4 is 4.73 Å². The maximum absolute atomic E-state index is 11.3. The third-order valence-electron chi connectivity index (χ3n) is 6.72. The Labute approximate surface area is 223 Å². The van der Waals surface area contributed by atoms with E-state index in [0.717, 1.165) is 39.3 Å². The molecule has 2 aromatic heterocycles. The van der Waals surface area contributed by atoms with E-state index in [4.69, 9.17) is 16.6 Å². The van der Waals surface area contributed by atoms with Gasteiger partial charge < -0.3 is 0 Å². The molecule has 1 unspecified atom stereocenters. The fraction of sp³-hybridized carbons (Fsp3) is 0.103. The highest BCUT2D eigenvalue weighted by Gasteiger charge is 2.32. The van der Waals surface area contributed by atoms with Gasteiger partial charge in [0.05, 0.1) is 34.5 Å². The van der Waals surface area contributed by atoms with Crippen LogP contribution in [0.4, 0.5) is 5.69 Å². The number of fused-ring (bicyclic) bond motifs is 1. The number of aromatic nitrogens is 5. The second-order valence-corrected chi connectivity index (χ2v) is 9.52. The second-order valence-electron chi connectivity index (χ2n) is 9.08. The van der Waals surface area contributed by atoms with Crippen LogP contribution in [0.2, 0.25) is 5.02 Å². The van der Waals surface area contributed by atoms with Gasteiger partial charge in [-0.1, -0.05) is 48.0 Å². The van der Waals surface area contributed by atoms with Gasteiger partial charge in [-0.2, -0.15) is 9.94 Å². The van der Waals surface area contributed by atoms with E-state index in [-0.39, 0.29) is 5.92 Å². The van der Waals surface area contributed by atoms with Gasteiger partial charge in [-0.15, -0.1) is 5.10 Å². The number of rotatable bonds is 6. The van der Waals surface area contributed by atoms with Crippen molar-refractivity contribution in [1.29, 1.82) is 5.26 Å². The highest BCUT2D eigenvalue weighted by molar-refractivity contribution is 6.31. The third-order valence-corrected chi connectivity index (χ3v) is 6.95. The molecule has 3 aromatic carbocycles. The van der Waals surface area contributed by atoms with E-state index >= 15 is 0 Å². The minimum atomic E-state index is -0.187. The zero-order chi connectivity index (χ0) is 26.1. The molecule has 3 heterocycles. The van der Waals surface area contributed by atoms with E-state index < -0.39 is 0 Å².